The third-order valence-corrected chi connectivity index (χ3v) is 7.45. The Hall–Kier alpha value is -4.78. The molecule has 1 heterocycles. The Kier molecular flexibility index (Phi) is 8.53. The van der Waals surface area contributed by atoms with Crippen LogP contribution in [0.2, 0.25) is 0 Å². The maximum atomic E-state index is 13.9. The molecule has 0 bridgehead atoms. The second kappa shape index (κ2) is 12.6. The number of carbonyl (C=O) groups is 2. The predicted molar refractivity (Wildman–Crippen MR) is 165 cm³/mol. The number of aromatic nitrogens is 1. The zero-order valence-electron chi connectivity index (χ0n) is 23.8. The standard InChI is InChI=1S/C34H36N4O3/c1-24(2)38(34(40)36-31-17-10-13-25-11-4-6-14-28(25)31)23-33(39)37(22-27-12-5-9-18-32(27)41-3)20-19-26-21-35-30-16-8-7-15-29(26)30/h4-18,21,24,35H,19-20,22-23H2,1-3H3,(H,36,40). The van der Waals surface area contributed by atoms with E-state index in [2.05, 4.69) is 16.4 Å². The van der Waals surface area contributed by atoms with Crippen molar-refractivity contribution in [1.29, 1.82) is 0 Å². The molecule has 210 valence electrons. The van der Waals surface area contributed by atoms with Gasteiger partial charge in [0.15, 0.2) is 0 Å². The van der Waals surface area contributed by atoms with Crippen LogP contribution in [0.15, 0.2) is 97.2 Å². The Morgan fingerprint density at radius 1 is 0.854 bits per heavy atom. The summed E-state index contributed by atoms with van der Waals surface area (Å²) >= 11 is 0. The molecule has 5 aromatic rings. The molecular weight excluding hydrogens is 512 g/mol. The first-order valence-electron chi connectivity index (χ1n) is 13.9. The van der Waals surface area contributed by atoms with Gasteiger partial charge in [0.05, 0.1) is 12.8 Å². The zero-order chi connectivity index (χ0) is 28.8. The quantitative estimate of drug-likeness (QED) is 0.201. The molecule has 1 aromatic heterocycles. The lowest BCUT2D eigenvalue weighted by Crippen LogP contribution is -2.47. The number of hydrogen-bond acceptors (Lipinski definition) is 3. The van der Waals surface area contributed by atoms with Crippen LogP contribution in [0.5, 0.6) is 5.75 Å². The number of rotatable bonds is 10. The lowest BCUT2D eigenvalue weighted by atomic mass is 10.1. The van der Waals surface area contributed by atoms with E-state index >= 15 is 0 Å². The number of nitrogens with zero attached hydrogens (tertiary/aromatic N) is 2. The summed E-state index contributed by atoms with van der Waals surface area (Å²) in [6.45, 7) is 4.67. The van der Waals surface area contributed by atoms with Gasteiger partial charge in [-0.15, -0.1) is 0 Å². The Balaban J connectivity index is 1.36. The van der Waals surface area contributed by atoms with Gasteiger partial charge in [-0.3, -0.25) is 4.79 Å². The van der Waals surface area contributed by atoms with E-state index in [1.165, 1.54) is 0 Å². The van der Waals surface area contributed by atoms with Gasteiger partial charge in [0.25, 0.3) is 0 Å². The van der Waals surface area contributed by atoms with Crippen LogP contribution in [-0.4, -0.2) is 53.0 Å². The van der Waals surface area contributed by atoms with E-state index in [1.54, 1.807) is 12.0 Å². The number of aromatic amines is 1. The summed E-state index contributed by atoms with van der Waals surface area (Å²) in [5, 5.41) is 6.19. The summed E-state index contributed by atoms with van der Waals surface area (Å²) in [5.41, 5.74) is 3.85. The molecule has 41 heavy (non-hydrogen) atoms. The molecule has 0 aliphatic heterocycles. The number of urea groups is 1. The van der Waals surface area contributed by atoms with Crippen LogP contribution in [0.4, 0.5) is 10.5 Å². The molecule has 0 aliphatic carbocycles. The minimum Gasteiger partial charge on any atom is -0.496 e. The summed E-state index contributed by atoms with van der Waals surface area (Å²) in [6.07, 6.45) is 2.68. The van der Waals surface area contributed by atoms with Crippen molar-refractivity contribution < 1.29 is 14.3 Å². The fourth-order valence-electron chi connectivity index (χ4n) is 5.18. The van der Waals surface area contributed by atoms with Crippen molar-refractivity contribution >= 4 is 39.3 Å². The van der Waals surface area contributed by atoms with Crippen molar-refractivity contribution in [3.63, 3.8) is 0 Å². The normalized spacial score (nSPS) is 11.1. The molecule has 7 nitrogen and oxygen atoms in total. The molecule has 0 unspecified atom stereocenters. The smallest absolute Gasteiger partial charge is 0.322 e. The van der Waals surface area contributed by atoms with Gasteiger partial charge >= 0.3 is 6.03 Å². The minimum atomic E-state index is -0.307. The lowest BCUT2D eigenvalue weighted by Gasteiger charge is -2.30. The largest absolute Gasteiger partial charge is 0.496 e. The lowest BCUT2D eigenvalue weighted by molar-refractivity contribution is -0.132. The molecule has 0 radical (unpaired) electrons. The van der Waals surface area contributed by atoms with Crippen molar-refractivity contribution in [2.45, 2.75) is 32.9 Å². The Morgan fingerprint density at radius 2 is 1.56 bits per heavy atom. The van der Waals surface area contributed by atoms with Gasteiger partial charge in [0.2, 0.25) is 5.91 Å². The summed E-state index contributed by atoms with van der Waals surface area (Å²) < 4.78 is 5.58. The fourth-order valence-corrected chi connectivity index (χ4v) is 5.18. The summed E-state index contributed by atoms with van der Waals surface area (Å²) in [6, 6.07) is 29.1. The van der Waals surface area contributed by atoms with Crippen LogP contribution in [0.1, 0.15) is 25.0 Å². The number of methoxy groups -OCH3 is 1. The van der Waals surface area contributed by atoms with Gasteiger partial charge in [-0.1, -0.05) is 72.8 Å². The highest BCUT2D eigenvalue weighted by Crippen LogP contribution is 2.25. The molecule has 3 amide bonds. The van der Waals surface area contributed by atoms with Crippen molar-refractivity contribution in [3.8, 4) is 5.75 Å². The van der Waals surface area contributed by atoms with E-state index in [1.807, 2.05) is 110 Å². The molecule has 5 rings (SSSR count). The average molecular weight is 549 g/mol. The summed E-state index contributed by atoms with van der Waals surface area (Å²) in [5.74, 6) is 0.601. The van der Waals surface area contributed by atoms with E-state index in [0.29, 0.717) is 19.5 Å². The summed E-state index contributed by atoms with van der Waals surface area (Å²) in [4.78, 5) is 34.2. The number of amides is 3. The molecular formula is C34H36N4O3. The average Bonchev–Trinajstić information content (AvgIpc) is 3.41. The van der Waals surface area contributed by atoms with Gasteiger partial charge < -0.3 is 24.8 Å². The fraction of sp³-hybridized carbons (Fsp3) is 0.235. The van der Waals surface area contributed by atoms with Crippen LogP contribution >= 0.6 is 0 Å². The molecule has 4 aromatic carbocycles. The third kappa shape index (κ3) is 6.35. The molecule has 0 atom stereocenters. The van der Waals surface area contributed by atoms with E-state index in [0.717, 1.165) is 44.2 Å². The van der Waals surface area contributed by atoms with E-state index in [4.69, 9.17) is 4.74 Å². The Labute approximate surface area is 240 Å². The van der Waals surface area contributed by atoms with E-state index in [-0.39, 0.29) is 24.5 Å². The number of para-hydroxylation sites is 2. The number of nitrogens with one attached hydrogen (secondary N) is 2. The molecule has 0 saturated heterocycles. The number of ether oxygens (including phenoxy) is 1. The topological polar surface area (TPSA) is 77.7 Å². The molecule has 0 aliphatic rings. The van der Waals surface area contributed by atoms with Crippen LogP contribution in [0, 0.1) is 0 Å². The molecule has 0 fully saturated rings. The number of anilines is 1. The molecule has 0 spiro atoms. The van der Waals surface area contributed by atoms with Crippen molar-refractivity contribution in [2.24, 2.45) is 0 Å². The SMILES string of the molecule is COc1ccccc1CN(CCc1c[nH]c2ccccc12)C(=O)CN(C(=O)Nc1cccc2ccccc12)C(C)C. The van der Waals surface area contributed by atoms with Gasteiger partial charge in [-0.05, 0) is 49.4 Å². The highest BCUT2D eigenvalue weighted by molar-refractivity contribution is 6.02. The molecule has 2 N–H and O–H groups in total. The minimum absolute atomic E-state index is 0.0443. The third-order valence-electron chi connectivity index (χ3n) is 7.45. The first-order valence-corrected chi connectivity index (χ1v) is 13.9. The van der Waals surface area contributed by atoms with Crippen LogP contribution in [0.3, 0.4) is 0 Å². The van der Waals surface area contributed by atoms with Crippen LogP contribution in [0.25, 0.3) is 21.7 Å². The second-order valence-electron chi connectivity index (χ2n) is 10.4. The van der Waals surface area contributed by atoms with E-state index < -0.39 is 0 Å². The van der Waals surface area contributed by atoms with E-state index in [9.17, 15) is 9.59 Å². The van der Waals surface area contributed by atoms with Gasteiger partial charge in [-0.25, -0.2) is 4.79 Å². The number of hydrogen-bond donors (Lipinski definition) is 2. The Morgan fingerprint density at radius 3 is 2.37 bits per heavy atom. The highest BCUT2D eigenvalue weighted by atomic mass is 16.5. The zero-order valence-corrected chi connectivity index (χ0v) is 23.8. The monoisotopic (exact) mass is 548 g/mol. The molecule has 7 heteroatoms. The number of H-pyrrole nitrogens is 1. The second-order valence-corrected chi connectivity index (χ2v) is 10.4. The van der Waals surface area contributed by atoms with Crippen LogP contribution < -0.4 is 10.1 Å². The first kappa shape index (κ1) is 27.8. The van der Waals surface area contributed by atoms with Crippen molar-refractivity contribution in [3.05, 3.63) is 108 Å². The maximum Gasteiger partial charge on any atom is 0.322 e. The van der Waals surface area contributed by atoms with Gasteiger partial charge in [0.1, 0.15) is 12.3 Å². The van der Waals surface area contributed by atoms with Gasteiger partial charge in [-0.2, -0.15) is 0 Å². The number of carbonyl (C=O) groups excluding carboxylic acids is 2. The number of benzene rings is 4. The predicted octanol–water partition coefficient (Wildman–Crippen LogP) is 6.84. The maximum absolute atomic E-state index is 13.9. The number of fused-ring (bicyclic) bond motifs is 2. The summed E-state index contributed by atoms with van der Waals surface area (Å²) in [7, 11) is 1.63. The Bertz CT molecular complexity index is 1650. The van der Waals surface area contributed by atoms with Gasteiger partial charge in [0, 0.05) is 47.2 Å². The van der Waals surface area contributed by atoms with Crippen molar-refractivity contribution in [1.82, 2.24) is 14.8 Å². The highest BCUT2D eigenvalue weighted by Gasteiger charge is 2.25. The van der Waals surface area contributed by atoms with Crippen LogP contribution in [-0.2, 0) is 17.8 Å². The first-order chi connectivity index (χ1) is 19.9. The molecule has 0 saturated carbocycles. The van der Waals surface area contributed by atoms with Crippen molar-refractivity contribution in [2.75, 3.05) is 25.5 Å².